The van der Waals surface area contributed by atoms with Gasteiger partial charge in [0, 0.05) is 49.5 Å². The first kappa shape index (κ1) is 26.1. The number of nitrogens with zero attached hydrogens (tertiary/aromatic N) is 2. The third-order valence-electron chi connectivity index (χ3n) is 6.87. The molecule has 4 rings (SSSR count). The summed E-state index contributed by atoms with van der Waals surface area (Å²) in [5.41, 5.74) is 3.50. The van der Waals surface area contributed by atoms with E-state index < -0.39 is 34.3 Å². The van der Waals surface area contributed by atoms with Crippen molar-refractivity contribution >= 4 is 10.0 Å². The van der Waals surface area contributed by atoms with Gasteiger partial charge in [0.05, 0.1) is 11.4 Å². The van der Waals surface area contributed by atoms with Crippen molar-refractivity contribution in [2.24, 2.45) is 0 Å². The lowest BCUT2D eigenvalue weighted by molar-refractivity contribution is -0.190. The van der Waals surface area contributed by atoms with E-state index in [1.807, 2.05) is 36.4 Å². The molecule has 192 valence electrons. The minimum atomic E-state index is -4.46. The predicted molar refractivity (Wildman–Crippen MR) is 128 cm³/mol. The minimum absolute atomic E-state index is 0.00754. The molecule has 1 N–H and O–H groups in total. The molecule has 3 unspecified atom stereocenters. The Labute approximate surface area is 204 Å². The van der Waals surface area contributed by atoms with E-state index in [-0.39, 0.29) is 31.7 Å². The number of aromatic nitrogens is 1. The maximum atomic E-state index is 14.2. The second-order valence-electron chi connectivity index (χ2n) is 9.16. The average molecular weight is 512 g/mol. The molecule has 2 aromatic rings. The first-order valence-corrected chi connectivity index (χ1v) is 13.8. The van der Waals surface area contributed by atoms with E-state index in [0.29, 0.717) is 25.1 Å². The van der Waals surface area contributed by atoms with Crippen LogP contribution in [0.2, 0.25) is 0 Å². The van der Waals surface area contributed by atoms with Gasteiger partial charge in [0.2, 0.25) is 10.0 Å². The van der Waals surface area contributed by atoms with E-state index in [0.717, 1.165) is 23.2 Å². The lowest BCUT2D eigenvalue weighted by atomic mass is 9.99. The molecular weight excluding hydrogens is 479 g/mol. The van der Waals surface area contributed by atoms with Crippen LogP contribution in [0.4, 0.5) is 13.2 Å². The number of halogens is 3. The molecule has 6 nitrogen and oxygen atoms in total. The fourth-order valence-corrected chi connectivity index (χ4v) is 6.00. The summed E-state index contributed by atoms with van der Waals surface area (Å²) in [6.07, 6.45) is -2.71. The summed E-state index contributed by atoms with van der Waals surface area (Å²) < 4.78 is 75.5. The summed E-state index contributed by atoms with van der Waals surface area (Å²) in [4.78, 5) is 6.22. The van der Waals surface area contributed by atoms with Crippen molar-refractivity contribution in [1.82, 2.24) is 14.6 Å². The van der Waals surface area contributed by atoms with E-state index in [9.17, 15) is 21.6 Å². The van der Waals surface area contributed by atoms with Gasteiger partial charge in [-0.1, -0.05) is 30.3 Å². The van der Waals surface area contributed by atoms with E-state index in [1.165, 1.54) is 11.8 Å². The van der Waals surface area contributed by atoms with Gasteiger partial charge >= 0.3 is 6.18 Å². The number of hydrogen-bond acceptors (Lipinski definition) is 5. The monoisotopic (exact) mass is 511 g/mol. The largest absolute Gasteiger partial charge is 0.404 e. The second kappa shape index (κ2) is 10.9. The molecule has 2 aliphatic heterocycles. The van der Waals surface area contributed by atoms with Crippen LogP contribution in [-0.4, -0.2) is 68.1 Å². The summed E-state index contributed by atoms with van der Waals surface area (Å²) in [7, 11) is -3.59. The Morgan fingerprint density at radius 3 is 2.69 bits per heavy atom. The van der Waals surface area contributed by atoms with Gasteiger partial charge in [-0.3, -0.25) is 9.88 Å². The molecule has 0 saturated carbocycles. The van der Waals surface area contributed by atoms with Gasteiger partial charge in [-0.05, 0) is 50.3 Å². The first-order valence-electron chi connectivity index (χ1n) is 12.1. The molecule has 0 amide bonds. The molecule has 1 saturated heterocycles. The minimum Gasteiger partial charge on any atom is -0.381 e. The van der Waals surface area contributed by atoms with Crippen LogP contribution in [0.3, 0.4) is 0 Å². The fraction of sp³-hybridized carbons (Fsp3) is 0.560. The number of hydrogen-bond donors (Lipinski definition) is 1. The highest BCUT2D eigenvalue weighted by Crippen LogP contribution is 2.35. The third kappa shape index (κ3) is 6.41. The zero-order valence-electron chi connectivity index (χ0n) is 19.8. The van der Waals surface area contributed by atoms with Crippen molar-refractivity contribution in [3.63, 3.8) is 0 Å². The van der Waals surface area contributed by atoms with Crippen LogP contribution < -0.4 is 4.72 Å². The zero-order chi connectivity index (χ0) is 25.1. The smallest absolute Gasteiger partial charge is 0.381 e. The zero-order valence-corrected chi connectivity index (χ0v) is 20.6. The first-order chi connectivity index (χ1) is 16.7. The molecule has 0 spiro atoms. The number of benzene rings is 1. The number of aryl methyl sites for hydroxylation is 1. The van der Waals surface area contributed by atoms with Gasteiger partial charge in [0.1, 0.15) is 6.04 Å². The van der Waals surface area contributed by atoms with E-state index in [1.54, 1.807) is 6.07 Å². The number of rotatable bonds is 3. The van der Waals surface area contributed by atoms with Crippen LogP contribution in [-0.2, 0) is 27.6 Å². The topological polar surface area (TPSA) is 71.5 Å². The van der Waals surface area contributed by atoms with E-state index in [2.05, 4.69) is 4.72 Å². The third-order valence-corrected chi connectivity index (χ3v) is 8.29. The Morgan fingerprint density at radius 1 is 1.11 bits per heavy atom. The second-order valence-corrected chi connectivity index (χ2v) is 11.2. The molecular formula is C25H32F3N3O3S. The normalized spacial score (nSPS) is 24.7. The lowest BCUT2D eigenvalue weighted by Crippen LogP contribution is -2.53. The van der Waals surface area contributed by atoms with Crippen LogP contribution in [0.1, 0.15) is 37.4 Å². The molecule has 3 heterocycles. The van der Waals surface area contributed by atoms with Crippen molar-refractivity contribution in [2.45, 2.75) is 63.3 Å². The maximum Gasteiger partial charge on any atom is 0.404 e. The highest BCUT2D eigenvalue weighted by atomic mass is 32.2. The quantitative estimate of drug-likeness (QED) is 0.676. The number of alkyl halides is 3. The fourth-order valence-electron chi connectivity index (χ4n) is 5.10. The van der Waals surface area contributed by atoms with Crippen molar-refractivity contribution in [3.8, 4) is 11.3 Å². The molecule has 2 bridgehead atoms. The standard InChI is InChI=1S/C25H32F3N3O3S/c1-2-35(32,33)30-22-12-14-31-23(22)17-19-9-5-11-21(29-19)20-10-4-3-7-18(20)8-6-15-34-16-13-24(31)25(26,27)28/h3-5,7,9-11,22-24,30H,2,6,8,12-17H2,1H3. The molecule has 0 aliphatic carbocycles. The molecule has 35 heavy (non-hydrogen) atoms. The van der Waals surface area contributed by atoms with Crippen LogP contribution >= 0.6 is 0 Å². The van der Waals surface area contributed by atoms with Gasteiger partial charge in [0.25, 0.3) is 0 Å². The number of nitrogens with one attached hydrogen (secondary N) is 1. The van der Waals surface area contributed by atoms with Gasteiger partial charge in [-0.25, -0.2) is 13.1 Å². The molecule has 1 aromatic heterocycles. The number of pyridine rings is 1. The average Bonchev–Trinajstić information content (AvgIpc) is 3.18. The Balaban J connectivity index is 1.73. The summed E-state index contributed by atoms with van der Waals surface area (Å²) in [6, 6.07) is 10.5. The van der Waals surface area contributed by atoms with Gasteiger partial charge in [-0.15, -0.1) is 0 Å². The van der Waals surface area contributed by atoms with Gasteiger partial charge in [-0.2, -0.15) is 13.2 Å². The van der Waals surface area contributed by atoms with Crippen molar-refractivity contribution in [3.05, 3.63) is 53.7 Å². The maximum absolute atomic E-state index is 14.2. The van der Waals surface area contributed by atoms with Crippen LogP contribution in [0.15, 0.2) is 42.5 Å². The Kier molecular flexibility index (Phi) is 8.15. The molecule has 1 fully saturated rings. The number of sulfonamides is 1. The SMILES string of the molecule is CCS(=O)(=O)NC1CCN2C1Cc1cccc(n1)-c1ccccc1CCCOCCC2C(F)(F)F. The molecule has 10 heteroatoms. The molecule has 3 atom stereocenters. The summed E-state index contributed by atoms with van der Waals surface area (Å²) in [6.45, 7) is 2.03. The lowest BCUT2D eigenvalue weighted by Gasteiger charge is -2.36. The summed E-state index contributed by atoms with van der Waals surface area (Å²) in [5, 5.41) is 0. The predicted octanol–water partition coefficient (Wildman–Crippen LogP) is 3.96. The van der Waals surface area contributed by atoms with E-state index >= 15 is 0 Å². The summed E-state index contributed by atoms with van der Waals surface area (Å²) in [5.74, 6) is -0.128. The number of fused-ring (bicyclic) bond motifs is 5. The summed E-state index contributed by atoms with van der Waals surface area (Å²) >= 11 is 0. The highest BCUT2D eigenvalue weighted by molar-refractivity contribution is 7.89. The Morgan fingerprint density at radius 2 is 1.91 bits per heavy atom. The van der Waals surface area contributed by atoms with Crippen LogP contribution in [0.5, 0.6) is 0 Å². The van der Waals surface area contributed by atoms with Crippen LogP contribution in [0.25, 0.3) is 11.3 Å². The number of ether oxygens (including phenoxy) is 1. The molecule has 1 aromatic carbocycles. The van der Waals surface area contributed by atoms with Gasteiger partial charge in [0.15, 0.2) is 0 Å². The Bertz CT molecular complexity index is 1110. The van der Waals surface area contributed by atoms with Gasteiger partial charge < -0.3 is 4.74 Å². The molecule has 0 radical (unpaired) electrons. The van der Waals surface area contributed by atoms with Crippen molar-refractivity contribution < 1.29 is 26.3 Å². The Hall–Kier alpha value is -2.01. The van der Waals surface area contributed by atoms with Crippen molar-refractivity contribution in [2.75, 3.05) is 25.5 Å². The highest BCUT2D eigenvalue weighted by Gasteiger charge is 2.49. The van der Waals surface area contributed by atoms with E-state index in [4.69, 9.17) is 9.72 Å². The molecule has 2 aliphatic rings. The van der Waals surface area contributed by atoms with Crippen LogP contribution in [0, 0.1) is 0 Å². The van der Waals surface area contributed by atoms with Crippen molar-refractivity contribution in [1.29, 1.82) is 0 Å².